The normalized spacial score (nSPS) is 14.8. The van der Waals surface area contributed by atoms with Crippen LogP contribution >= 0.6 is 0 Å². The molecular formula is C20H28N2O6. The second-order valence-corrected chi connectivity index (χ2v) is 6.70. The quantitative estimate of drug-likeness (QED) is 0.495. The standard InChI is InChI=1S/C20H28N2O6/c1-14(19(24)22-20(25)21-15-6-3-4-7-15)28-18(23)8-5-13-27-17-11-9-16(26-2)10-12-17/h9-12,14-15H,3-8,13H2,1-2H3,(H2,21,22,24,25)/t14-/m1/s1. The summed E-state index contributed by atoms with van der Waals surface area (Å²) >= 11 is 0. The van der Waals surface area contributed by atoms with E-state index in [4.69, 9.17) is 14.2 Å². The highest BCUT2D eigenvalue weighted by molar-refractivity contribution is 5.97. The fraction of sp³-hybridized carbons (Fsp3) is 0.550. The Hall–Kier alpha value is -2.77. The van der Waals surface area contributed by atoms with Gasteiger partial charge in [0.1, 0.15) is 11.5 Å². The molecular weight excluding hydrogens is 364 g/mol. The molecule has 1 aromatic rings. The molecule has 1 fully saturated rings. The molecule has 0 saturated heterocycles. The third-order valence-electron chi connectivity index (χ3n) is 4.46. The second kappa shape index (κ2) is 11.2. The van der Waals surface area contributed by atoms with Crippen LogP contribution in [0.15, 0.2) is 24.3 Å². The van der Waals surface area contributed by atoms with Crippen molar-refractivity contribution in [2.75, 3.05) is 13.7 Å². The van der Waals surface area contributed by atoms with Crippen LogP contribution in [0, 0.1) is 0 Å². The van der Waals surface area contributed by atoms with Crippen LogP contribution in [0.3, 0.4) is 0 Å². The number of amides is 3. The molecule has 2 rings (SSSR count). The Bertz CT molecular complexity index is 655. The molecule has 1 aliphatic carbocycles. The van der Waals surface area contributed by atoms with E-state index in [1.54, 1.807) is 31.4 Å². The third-order valence-corrected chi connectivity index (χ3v) is 4.46. The Morgan fingerprint density at radius 3 is 2.39 bits per heavy atom. The fourth-order valence-corrected chi connectivity index (χ4v) is 2.89. The summed E-state index contributed by atoms with van der Waals surface area (Å²) in [5.41, 5.74) is 0. The molecule has 3 amide bonds. The highest BCUT2D eigenvalue weighted by atomic mass is 16.5. The maximum absolute atomic E-state index is 11.9. The highest BCUT2D eigenvalue weighted by Gasteiger charge is 2.22. The summed E-state index contributed by atoms with van der Waals surface area (Å²) in [6.45, 7) is 1.77. The molecule has 8 nitrogen and oxygen atoms in total. The van der Waals surface area contributed by atoms with Gasteiger partial charge in [0.25, 0.3) is 5.91 Å². The Morgan fingerprint density at radius 2 is 1.75 bits per heavy atom. The molecule has 8 heteroatoms. The van der Waals surface area contributed by atoms with Crippen molar-refractivity contribution in [1.82, 2.24) is 10.6 Å². The van der Waals surface area contributed by atoms with Crippen molar-refractivity contribution in [3.05, 3.63) is 24.3 Å². The van der Waals surface area contributed by atoms with Gasteiger partial charge in [0.2, 0.25) is 0 Å². The zero-order valence-corrected chi connectivity index (χ0v) is 16.4. The largest absolute Gasteiger partial charge is 0.497 e. The molecule has 0 heterocycles. The second-order valence-electron chi connectivity index (χ2n) is 6.70. The predicted molar refractivity (Wildman–Crippen MR) is 102 cm³/mol. The van der Waals surface area contributed by atoms with E-state index in [0.717, 1.165) is 31.4 Å². The minimum atomic E-state index is -1.04. The van der Waals surface area contributed by atoms with Crippen LogP contribution in [0.4, 0.5) is 4.79 Å². The van der Waals surface area contributed by atoms with E-state index >= 15 is 0 Å². The Labute approximate surface area is 164 Å². The SMILES string of the molecule is COc1ccc(OCCCC(=O)O[C@H](C)C(=O)NC(=O)NC2CCCC2)cc1. The van der Waals surface area contributed by atoms with Crippen LogP contribution in [0.2, 0.25) is 0 Å². The first kappa shape index (κ1) is 21.5. The maximum Gasteiger partial charge on any atom is 0.321 e. The number of ether oxygens (including phenoxy) is 3. The topological polar surface area (TPSA) is 103 Å². The molecule has 1 aliphatic rings. The van der Waals surface area contributed by atoms with Crippen molar-refractivity contribution >= 4 is 17.9 Å². The third kappa shape index (κ3) is 7.46. The number of carbonyl (C=O) groups is 3. The van der Waals surface area contributed by atoms with Gasteiger partial charge in [-0.25, -0.2) is 4.79 Å². The van der Waals surface area contributed by atoms with E-state index in [1.165, 1.54) is 6.92 Å². The van der Waals surface area contributed by atoms with Crippen LogP contribution in [0.25, 0.3) is 0 Å². The van der Waals surface area contributed by atoms with Gasteiger partial charge in [0, 0.05) is 12.5 Å². The van der Waals surface area contributed by atoms with Gasteiger partial charge >= 0.3 is 12.0 Å². The summed E-state index contributed by atoms with van der Waals surface area (Å²) in [5.74, 6) is 0.255. The first-order valence-electron chi connectivity index (χ1n) is 9.55. The van der Waals surface area contributed by atoms with Gasteiger partial charge < -0.3 is 19.5 Å². The lowest BCUT2D eigenvalue weighted by Crippen LogP contribution is -2.47. The predicted octanol–water partition coefficient (Wildman–Crippen LogP) is 2.55. The molecule has 0 aliphatic heterocycles. The molecule has 1 aromatic carbocycles. The molecule has 28 heavy (non-hydrogen) atoms. The van der Waals surface area contributed by atoms with Crippen molar-refractivity contribution in [3.8, 4) is 11.5 Å². The van der Waals surface area contributed by atoms with Crippen LogP contribution in [0.5, 0.6) is 11.5 Å². The van der Waals surface area contributed by atoms with Crippen LogP contribution in [0.1, 0.15) is 45.4 Å². The average molecular weight is 392 g/mol. The number of methoxy groups -OCH3 is 1. The van der Waals surface area contributed by atoms with Gasteiger partial charge in [-0.1, -0.05) is 12.8 Å². The number of benzene rings is 1. The van der Waals surface area contributed by atoms with E-state index in [2.05, 4.69) is 10.6 Å². The monoisotopic (exact) mass is 392 g/mol. The first-order chi connectivity index (χ1) is 13.5. The van der Waals surface area contributed by atoms with Gasteiger partial charge in [0.15, 0.2) is 6.10 Å². The molecule has 1 atom stereocenters. The molecule has 1 saturated carbocycles. The van der Waals surface area contributed by atoms with Gasteiger partial charge in [-0.2, -0.15) is 0 Å². The molecule has 0 spiro atoms. The first-order valence-corrected chi connectivity index (χ1v) is 9.55. The lowest BCUT2D eigenvalue weighted by molar-refractivity contribution is -0.154. The number of hydrogen-bond acceptors (Lipinski definition) is 6. The summed E-state index contributed by atoms with van der Waals surface area (Å²) in [4.78, 5) is 35.6. The maximum atomic E-state index is 11.9. The number of urea groups is 1. The van der Waals surface area contributed by atoms with Gasteiger partial charge in [0.05, 0.1) is 13.7 Å². The minimum Gasteiger partial charge on any atom is -0.497 e. The van der Waals surface area contributed by atoms with E-state index < -0.39 is 24.0 Å². The van der Waals surface area contributed by atoms with E-state index in [-0.39, 0.29) is 12.5 Å². The minimum absolute atomic E-state index is 0.108. The number of carbonyl (C=O) groups excluding carboxylic acids is 3. The number of rotatable bonds is 9. The molecule has 0 unspecified atom stereocenters. The Morgan fingerprint density at radius 1 is 1.11 bits per heavy atom. The lowest BCUT2D eigenvalue weighted by atomic mass is 10.2. The zero-order chi connectivity index (χ0) is 20.4. The van der Waals surface area contributed by atoms with Crippen LogP contribution in [-0.4, -0.2) is 43.8 Å². The van der Waals surface area contributed by atoms with Gasteiger partial charge in [-0.15, -0.1) is 0 Å². The molecule has 2 N–H and O–H groups in total. The number of esters is 1. The van der Waals surface area contributed by atoms with Crippen molar-refractivity contribution in [2.45, 2.75) is 57.6 Å². The van der Waals surface area contributed by atoms with E-state index in [9.17, 15) is 14.4 Å². The van der Waals surface area contributed by atoms with Crippen molar-refractivity contribution < 1.29 is 28.6 Å². The Balaban J connectivity index is 1.60. The average Bonchev–Trinajstić information content (AvgIpc) is 3.18. The highest BCUT2D eigenvalue weighted by Crippen LogP contribution is 2.18. The van der Waals surface area contributed by atoms with Gasteiger partial charge in [-0.3, -0.25) is 14.9 Å². The molecule has 154 valence electrons. The zero-order valence-electron chi connectivity index (χ0n) is 16.4. The summed E-state index contributed by atoms with van der Waals surface area (Å²) in [7, 11) is 1.59. The summed E-state index contributed by atoms with van der Waals surface area (Å²) in [6, 6.07) is 6.68. The number of nitrogens with one attached hydrogen (secondary N) is 2. The van der Waals surface area contributed by atoms with Crippen molar-refractivity contribution in [1.29, 1.82) is 0 Å². The summed E-state index contributed by atoms with van der Waals surface area (Å²) < 4.78 is 15.7. The molecule has 0 radical (unpaired) electrons. The molecule has 0 aromatic heterocycles. The fourth-order valence-electron chi connectivity index (χ4n) is 2.89. The Kier molecular flexibility index (Phi) is 8.58. The van der Waals surface area contributed by atoms with Crippen molar-refractivity contribution in [2.24, 2.45) is 0 Å². The van der Waals surface area contributed by atoms with Crippen LogP contribution in [-0.2, 0) is 14.3 Å². The van der Waals surface area contributed by atoms with E-state index in [0.29, 0.717) is 18.8 Å². The van der Waals surface area contributed by atoms with Crippen LogP contribution < -0.4 is 20.1 Å². The smallest absolute Gasteiger partial charge is 0.321 e. The molecule has 0 bridgehead atoms. The summed E-state index contributed by atoms with van der Waals surface area (Å²) in [5, 5.41) is 4.96. The van der Waals surface area contributed by atoms with Gasteiger partial charge in [-0.05, 0) is 50.5 Å². The number of imide groups is 1. The number of hydrogen-bond donors (Lipinski definition) is 2. The summed E-state index contributed by atoms with van der Waals surface area (Å²) in [6.07, 6.45) is 3.52. The lowest BCUT2D eigenvalue weighted by Gasteiger charge is -2.15. The van der Waals surface area contributed by atoms with E-state index in [1.807, 2.05) is 0 Å². The van der Waals surface area contributed by atoms with Crippen molar-refractivity contribution in [3.63, 3.8) is 0 Å².